The van der Waals surface area contributed by atoms with Gasteiger partial charge in [-0.1, -0.05) is 33.4 Å². The molecule has 4 heteroatoms. The molecular weight excluding hydrogens is 304 g/mol. The number of benzene rings is 1. The van der Waals surface area contributed by atoms with E-state index in [2.05, 4.69) is 27.4 Å². The third-order valence-corrected chi connectivity index (χ3v) is 4.25. The summed E-state index contributed by atoms with van der Waals surface area (Å²) in [5.41, 5.74) is 0.876. The summed E-state index contributed by atoms with van der Waals surface area (Å²) in [6, 6.07) is 6.49. The van der Waals surface area contributed by atoms with Crippen molar-refractivity contribution >= 4 is 11.9 Å². The summed E-state index contributed by atoms with van der Waals surface area (Å²) in [7, 11) is 0. The van der Waals surface area contributed by atoms with Gasteiger partial charge in [-0.25, -0.2) is 9.59 Å². The second kappa shape index (κ2) is 7.20. The molecule has 0 amide bonds. The van der Waals surface area contributed by atoms with Gasteiger partial charge in [0.25, 0.3) is 0 Å². The molecular formula is C20H26O4. The topological polar surface area (TPSA) is 52.6 Å². The van der Waals surface area contributed by atoms with Crippen LogP contribution < -0.4 is 4.74 Å². The number of rotatable bonds is 4. The van der Waals surface area contributed by atoms with E-state index in [1.807, 2.05) is 0 Å². The molecule has 1 fully saturated rings. The highest BCUT2D eigenvalue weighted by Crippen LogP contribution is 2.39. The van der Waals surface area contributed by atoms with Crippen molar-refractivity contribution in [3.63, 3.8) is 0 Å². The Labute approximate surface area is 143 Å². The molecule has 0 bridgehead atoms. The molecule has 0 spiro atoms. The smallest absolute Gasteiger partial charge is 0.338 e. The van der Waals surface area contributed by atoms with Crippen LogP contribution >= 0.6 is 0 Å². The van der Waals surface area contributed by atoms with Crippen LogP contribution in [0.25, 0.3) is 0 Å². The molecule has 4 nitrogen and oxygen atoms in total. The van der Waals surface area contributed by atoms with Gasteiger partial charge in [0.15, 0.2) is 0 Å². The first kappa shape index (κ1) is 18.2. The molecule has 0 saturated heterocycles. The van der Waals surface area contributed by atoms with E-state index in [9.17, 15) is 9.59 Å². The van der Waals surface area contributed by atoms with Crippen LogP contribution in [0.1, 0.15) is 57.3 Å². The van der Waals surface area contributed by atoms with Crippen LogP contribution in [-0.4, -0.2) is 18.0 Å². The fourth-order valence-electron chi connectivity index (χ4n) is 3.45. The monoisotopic (exact) mass is 330 g/mol. The number of ether oxygens (including phenoxy) is 2. The quantitative estimate of drug-likeness (QED) is 0.462. The molecule has 0 aromatic heterocycles. The maximum atomic E-state index is 12.4. The minimum atomic E-state index is -0.511. The van der Waals surface area contributed by atoms with E-state index < -0.39 is 5.97 Å². The van der Waals surface area contributed by atoms with Gasteiger partial charge in [0, 0.05) is 5.57 Å². The van der Waals surface area contributed by atoms with Crippen LogP contribution in [0.3, 0.4) is 0 Å². The van der Waals surface area contributed by atoms with Gasteiger partial charge in [-0.3, -0.25) is 0 Å². The van der Waals surface area contributed by atoms with E-state index in [1.165, 1.54) is 6.07 Å². The van der Waals surface area contributed by atoms with Gasteiger partial charge < -0.3 is 9.47 Å². The van der Waals surface area contributed by atoms with E-state index >= 15 is 0 Å². The van der Waals surface area contributed by atoms with Crippen LogP contribution in [0.2, 0.25) is 0 Å². The molecule has 0 aliphatic heterocycles. The molecule has 1 aliphatic carbocycles. The van der Waals surface area contributed by atoms with Crippen molar-refractivity contribution in [3.8, 4) is 5.75 Å². The average molecular weight is 330 g/mol. The van der Waals surface area contributed by atoms with Crippen molar-refractivity contribution in [3.05, 3.63) is 42.0 Å². The molecule has 24 heavy (non-hydrogen) atoms. The first-order valence-corrected chi connectivity index (χ1v) is 8.35. The van der Waals surface area contributed by atoms with Gasteiger partial charge in [0.05, 0.1) is 5.56 Å². The zero-order valence-corrected chi connectivity index (χ0v) is 14.9. The molecule has 2 unspecified atom stereocenters. The maximum Gasteiger partial charge on any atom is 0.338 e. The second-order valence-corrected chi connectivity index (χ2v) is 7.64. The number of esters is 2. The number of carbonyl (C=O) groups is 2. The fourth-order valence-corrected chi connectivity index (χ4v) is 3.45. The lowest BCUT2D eigenvalue weighted by atomic mass is 9.71. The predicted octanol–water partition coefficient (Wildman–Crippen LogP) is 4.54. The molecule has 1 aliphatic rings. The highest BCUT2D eigenvalue weighted by Gasteiger charge is 2.34. The highest BCUT2D eigenvalue weighted by molar-refractivity contribution is 5.91. The fraction of sp³-hybridized carbons (Fsp3) is 0.500. The number of hydrogen-bond acceptors (Lipinski definition) is 4. The van der Waals surface area contributed by atoms with Gasteiger partial charge in [-0.15, -0.1) is 0 Å². The summed E-state index contributed by atoms with van der Waals surface area (Å²) in [6.07, 6.45) is 2.83. The van der Waals surface area contributed by atoms with E-state index in [1.54, 1.807) is 25.1 Å². The van der Waals surface area contributed by atoms with E-state index in [-0.39, 0.29) is 17.5 Å². The van der Waals surface area contributed by atoms with Crippen molar-refractivity contribution in [2.45, 2.75) is 53.1 Å². The van der Waals surface area contributed by atoms with Crippen LogP contribution in [0.15, 0.2) is 36.4 Å². The third kappa shape index (κ3) is 4.95. The summed E-state index contributed by atoms with van der Waals surface area (Å²) in [5.74, 6) is -0.0364. The largest absolute Gasteiger partial charge is 0.459 e. The van der Waals surface area contributed by atoms with E-state index in [0.29, 0.717) is 22.8 Å². The standard InChI is InChI=1S/C20H26O4/c1-13(2)18(21)23-16-8-6-7-15(10-16)19(22)24-17-9-14(3)11-20(4,5)12-17/h6-8,10,14,17H,1,9,11-12H2,2-5H3. The third-order valence-electron chi connectivity index (χ3n) is 4.25. The molecule has 1 aromatic rings. The van der Waals surface area contributed by atoms with Crippen molar-refractivity contribution < 1.29 is 19.1 Å². The lowest BCUT2D eigenvalue weighted by Gasteiger charge is -2.38. The van der Waals surface area contributed by atoms with Gasteiger partial charge in [-0.05, 0) is 55.7 Å². The Morgan fingerprint density at radius 2 is 1.96 bits per heavy atom. The minimum Gasteiger partial charge on any atom is -0.459 e. The summed E-state index contributed by atoms with van der Waals surface area (Å²) in [5, 5.41) is 0. The number of carbonyl (C=O) groups excluding carboxylic acids is 2. The van der Waals surface area contributed by atoms with Crippen LogP contribution in [0, 0.1) is 11.3 Å². The van der Waals surface area contributed by atoms with Crippen LogP contribution in [0.4, 0.5) is 0 Å². The van der Waals surface area contributed by atoms with Crippen molar-refractivity contribution in [1.82, 2.24) is 0 Å². The normalized spacial score (nSPS) is 22.5. The Hall–Kier alpha value is -2.10. The Morgan fingerprint density at radius 1 is 1.25 bits per heavy atom. The Kier molecular flexibility index (Phi) is 5.47. The second-order valence-electron chi connectivity index (χ2n) is 7.64. The first-order chi connectivity index (χ1) is 11.2. The van der Waals surface area contributed by atoms with Crippen molar-refractivity contribution in [1.29, 1.82) is 0 Å². The number of hydrogen-bond donors (Lipinski definition) is 0. The first-order valence-electron chi connectivity index (χ1n) is 8.35. The van der Waals surface area contributed by atoms with Crippen LogP contribution in [0.5, 0.6) is 5.75 Å². The van der Waals surface area contributed by atoms with Crippen molar-refractivity contribution in [2.24, 2.45) is 11.3 Å². The average Bonchev–Trinajstić information content (AvgIpc) is 2.45. The molecule has 0 heterocycles. The van der Waals surface area contributed by atoms with Gasteiger partial charge in [-0.2, -0.15) is 0 Å². The predicted molar refractivity (Wildman–Crippen MR) is 92.9 cm³/mol. The lowest BCUT2D eigenvalue weighted by molar-refractivity contribution is -0.130. The molecule has 1 saturated carbocycles. The minimum absolute atomic E-state index is 0.0714. The summed E-state index contributed by atoms with van der Waals surface area (Å²) < 4.78 is 10.9. The molecule has 2 rings (SSSR count). The Balaban J connectivity index is 2.04. The van der Waals surface area contributed by atoms with Crippen LogP contribution in [-0.2, 0) is 9.53 Å². The summed E-state index contributed by atoms with van der Waals surface area (Å²) in [4.78, 5) is 24.0. The summed E-state index contributed by atoms with van der Waals surface area (Å²) >= 11 is 0. The van der Waals surface area contributed by atoms with Gasteiger partial charge in [0.2, 0.25) is 0 Å². The highest BCUT2D eigenvalue weighted by atomic mass is 16.5. The van der Waals surface area contributed by atoms with Gasteiger partial charge >= 0.3 is 11.9 Å². The van der Waals surface area contributed by atoms with E-state index in [4.69, 9.17) is 9.47 Å². The molecule has 130 valence electrons. The summed E-state index contributed by atoms with van der Waals surface area (Å²) in [6.45, 7) is 11.7. The van der Waals surface area contributed by atoms with Gasteiger partial charge in [0.1, 0.15) is 11.9 Å². The zero-order valence-electron chi connectivity index (χ0n) is 14.9. The lowest BCUT2D eigenvalue weighted by Crippen LogP contribution is -2.34. The van der Waals surface area contributed by atoms with Crippen molar-refractivity contribution in [2.75, 3.05) is 0 Å². The zero-order chi connectivity index (χ0) is 17.9. The molecule has 2 atom stereocenters. The molecule has 0 radical (unpaired) electrons. The maximum absolute atomic E-state index is 12.4. The molecule has 0 N–H and O–H groups in total. The SMILES string of the molecule is C=C(C)C(=O)Oc1cccc(C(=O)OC2CC(C)CC(C)(C)C2)c1. The molecule has 1 aromatic carbocycles. The Morgan fingerprint density at radius 3 is 2.58 bits per heavy atom. The van der Waals surface area contributed by atoms with E-state index in [0.717, 1.165) is 19.3 Å². The Bertz CT molecular complexity index is 645.